The van der Waals surface area contributed by atoms with Gasteiger partial charge in [0, 0.05) is 16.3 Å². The fourth-order valence-electron chi connectivity index (χ4n) is 1.33. The predicted molar refractivity (Wildman–Crippen MR) is 70.6 cm³/mol. The zero-order chi connectivity index (χ0) is 13.9. The topological polar surface area (TPSA) is 81.6 Å². The molecule has 102 valence electrons. The highest BCUT2D eigenvalue weighted by Crippen LogP contribution is 2.26. The average Bonchev–Trinajstić information content (AvgIpc) is 2.75. The van der Waals surface area contributed by atoms with Crippen LogP contribution in [0.5, 0.6) is 0 Å². The van der Waals surface area contributed by atoms with Gasteiger partial charge in [-0.25, -0.2) is 5.48 Å². The maximum atomic E-state index is 11.2. The fraction of sp³-hybridized carbons (Fsp3) is 0.583. The summed E-state index contributed by atoms with van der Waals surface area (Å²) in [6.07, 6.45) is -0.635. The minimum Gasteiger partial charge on any atom is -0.378 e. The Morgan fingerprint density at radius 1 is 1.39 bits per heavy atom. The van der Waals surface area contributed by atoms with Crippen molar-refractivity contribution >= 4 is 17.2 Å². The van der Waals surface area contributed by atoms with Crippen LogP contribution in [0.3, 0.4) is 0 Å². The molecule has 0 saturated carbocycles. The lowest BCUT2D eigenvalue weighted by atomic mass is 9.94. The van der Waals surface area contributed by atoms with E-state index in [1.165, 1.54) is 11.3 Å². The minimum absolute atomic E-state index is 0.0653. The van der Waals surface area contributed by atoms with Gasteiger partial charge in [-0.1, -0.05) is 20.8 Å². The van der Waals surface area contributed by atoms with E-state index >= 15 is 0 Å². The van der Waals surface area contributed by atoms with Crippen LogP contribution >= 0.6 is 11.3 Å². The van der Waals surface area contributed by atoms with Crippen LogP contribution in [-0.2, 0) is 0 Å². The van der Waals surface area contributed by atoms with E-state index in [4.69, 9.17) is 5.21 Å². The van der Waals surface area contributed by atoms with E-state index in [1.54, 1.807) is 11.5 Å². The molecule has 0 aliphatic heterocycles. The Morgan fingerprint density at radius 2 is 2.00 bits per heavy atom. The van der Waals surface area contributed by atoms with E-state index in [0.29, 0.717) is 4.88 Å². The van der Waals surface area contributed by atoms with Gasteiger partial charge < -0.3 is 5.11 Å². The largest absolute Gasteiger partial charge is 0.378 e. The van der Waals surface area contributed by atoms with Crippen molar-refractivity contribution in [2.24, 2.45) is 5.41 Å². The van der Waals surface area contributed by atoms with Crippen LogP contribution in [-0.4, -0.2) is 22.4 Å². The van der Waals surface area contributed by atoms with E-state index in [-0.39, 0.29) is 11.5 Å². The van der Waals surface area contributed by atoms with Crippen molar-refractivity contribution in [2.75, 3.05) is 0 Å². The number of thiophene rings is 1. The Hall–Kier alpha value is -0.950. The highest BCUT2D eigenvalue weighted by molar-refractivity contribution is 7.14. The second-order valence-electron chi connectivity index (χ2n) is 5.30. The van der Waals surface area contributed by atoms with Crippen LogP contribution in [0.25, 0.3) is 0 Å². The standard InChI is InChI=1S/C12H20N2O3S/c1-7(13-11(16)12(2,3)4)8-5-6-9(18-8)10(15)14-17/h5-7,11,13,16-17H,1-4H3,(H,14,15). The molecule has 1 amide bonds. The Labute approximate surface area is 111 Å². The zero-order valence-corrected chi connectivity index (χ0v) is 11.8. The Balaban J connectivity index is 2.70. The molecule has 18 heavy (non-hydrogen) atoms. The molecule has 2 unspecified atom stereocenters. The first-order valence-corrected chi connectivity index (χ1v) is 6.55. The molecule has 1 heterocycles. The number of carbonyl (C=O) groups excluding carboxylic acids is 1. The molecule has 4 N–H and O–H groups in total. The number of nitrogens with one attached hydrogen (secondary N) is 2. The molecule has 1 aromatic heterocycles. The Bertz CT molecular complexity index is 412. The summed E-state index contributed by atoms with van der Waals surface area (Å²) in [6, 6.07) is 3.39. The molecule has 0 aliphatic rings. The number of carbonyl (C=O) groups is 1. The number of aliphatic hydroxyl groups excluding tert-OH is 1. The molecule has 0 aliphatic carbocycles. The molecule has 2 atom stereocenters. The molecule has 0 aromatic carbocycles. The van der Waals surface area contributed by atoms with Gasteiger partial charge in [-0.05, 0) is 19.1 Å². The third-order valence-electron chi connectivity index (χ3n) is 2.61. The van der Waals surface area contributed by atoms with Crippen molar-refractivity contribution in [1.82, 2.24) is 10.8 Å². The first-order chi connectivity index (χ1) is 8.25. The summed E-state index contributed by atoms with van der Waals surface area (Å²) in [4.78, 5) is 12.6. The average molecular weight is 272 g/mol. The number of aliphatic hydroxyl groups is 1. The van der Waals surface area contributed by atoms with Gasteiger partial charge in [0.25, 0.3) is 5.91 Å². The molecule has 1 rings (SSSR count). The van der Waals surface area contributed by atoms with E-state index in [2.05, 4.69) is 5.32 Å². The summed E-state index contributed by atoms with van der Waals surface area (Å²) >= 11 is 1.28. The highest BCUT2D eigenvalue weighted by atomic mass is 32.1. The van der Waals surface area contributed by atoms with Crippen molar-refractivity contribution in [3.8, 4) is 0 Å². The zero-order valence-electron chi connectivity index (χ0n) is 11.0. The van der Waals surface area contributed by atoms with E-state index < -0.39 is 12.1 Å². The van der Waals surface area contributed by atoms with Crippen LogP contribution in [0.2, 0.25) is 0 Å². The molecule has 6 heteroatoms. The number of amides is 1. The number of hydrogen-bond donors (Lipinski definition) is 4. The van der Waals surface area contributed by atoms with Crippen molar-refractivity contribution < 1.29 is 15.1 Å². The monoisotopic (exact) mass is 272 g/mol. The van der Waals surface area contributed by atoms with Crippen molar-refractivity contribution in [3.05, 3.63) is 21.9 Å². The number of hydrogen-bond acceptors (Lipinski definition) is 5. The van der Waals surface area contributed by atoms with Gasteiger partial charge in [-0.3, -0.25) is 15.3 Å². The third-order valence-corrected chi connectivity index (χ3v) is 3.87. The van der Waals surface area contributed by atoms with E-state index in [1.807, 2.05) is 33.8 Å². The number of hydroxylamine groups is 1. The van der Waals surface area contributed by atoms with Gasteiger partial charge in [-0.15, -0.1) is 11.3 Å². The van der Waals surface area contributed by atoms with Gasteiger partial charge >= 0.3 is 0 Å². The Kier molecular flexibility index (Phi) is 4.86. The molecule has 1 aromatic rings. The van der Waals surface area contributed by atoms with Crippen molar-refractivity contribution in [3.63, 3.8) is 0 Å². The first-order valence-electron chi connectivity index (χ1n) is 5.74. The summed E-state index contributed by atoms with van der Waals surface area (Å²) in [7, 11) is 0. The Morgan fingerprint density at radius 3 is 2.50 bits per heavy atom. The molecule has 5 nitrogen and oxygen atoms in total. The van der Waals surface area contributed by atoms with E-state index in [9.17, 15) is 9.90 Å². The van der Waals surface area contributed by atoms with Crippen LogP contribution in [0.4, 0.5) is 0 Å². The third kappa shape index (κ3) is 3.78. The SMILES string of the molecule is CC(NC(O)C(C)(C)C)c1ccc(C(=O)NO)s1. The highest BCUT2D eigenvalue weighted by Gasteiger charge is 2.24. The second kappa shape index (κ2) is 5.79. The molecule has 0 saturated heterocycles. The van der Waals surface area contributed by atoms with Crippen LogP contribution in [0.15, 0.2) is 12.1 Å². The number of rotatable bonds is 4. The lowest BCUT2D eigenvalue weighted by Crippen LogP contribution is -2.41. The molecule has 0 spiro atoms. The maximum absolute atomic E-state index is 11.2. The quantitative estimate of drug-likeness (QED) is 0.383. The predicted octanol–water partition coefficient (Wildman–Crippen LogP) is 1.88. The molecular formula is C12H20N2O3S. The maximum Gasteiger partial charge on any atom is 0.284 e. The molecule has 0 fully saturated rings. The second-order valence-corrected chi connectivity index (χ2v) is 6.42. The van der Waals surface area contributed by atoms with Crippen LogP contribution in [0, 0.1) is 5.41 Å². The summed E-state index contributed by atoms with van der Waals surface area (Å²) in [6.45, 7) is 7.74. The minimum atomic E-state index is -0.635. The summed E-state index contributed by atoms with van der Waals surface area (Å²) in [5, 5.41) is 21.6. The molecule has 0 bridgehead atoms. The lowest BCUT2D eigenvalue weighted by Gasteiger charge is -2.29. The first kappa shape index (κ1) is 15.1. The summed E-state index contributed by atoms with van der Waals surface area (Å²) in [5.41, 5.74) is 1.35. The van der Waals surface area contributed by atoms with Gasteiger partial charge in [0.1, 0.15) is 6.23 Å². The smallest absolute Gasteiger partial charge is 0.284 e. The van der Waals surface area contributed by atoms with Crippen LogP contribution < -0.4 is 10.8 Å². The summed E-state index contributed by atoms with van der Waals surface area (Å²) < 4.78 is 0. The van der Waals surface area contributed by atoms with Gasteiger partial charge in [0.15, 0.2) is 0 Å². The summed E-state index contributed by atoms with van der Waals surface area (Å²) in [5.74, 6) is -0.519. The van der Waals surface area contributed by atoms with Crippen molar-refractivity contribution in [2.45, 2.75) is 40.0 Å². The fourth-order valence-corrected chi connectivity index (χ4v) is 2.24. The van der Waals surface area contributed by atoms with E-state index in [0.717, 1.165) is 4.88 Å². The molecular weight excluding hydrogens is 252 g/mol. The van der Waals surface area contributed by atoms with Crippen molar-refractivity contribution in [1.29, 1.82) is 0 Å². The van der Waals surface area contributed by atoms with Gasteiger partial charge in [0.05, 0.1) is 4.88 Å². The van der Waals surface area contributed by atoms with Crippen LogP contribution in [0.1, 0.15) is 48.3 Å². The lowest BCUT2D eigenvalue weighted by molar-refractivity contribution is 0.0248. The molecule has 0 radical (unpaired) electrons. The normalized spacial score (nSPS) is 15.2. The van der Waals surface area contributed by atoms with Gasteiger partial charge in [-0.2, -0.15) is 0 Å². The van der Waals surface area contributed by atoms with Gasteiger partial charge in [0.2, 0.25) is 0 Å².